The topological polar surface area (TPSA) is 3.24 Å². The highest BCUT2D eigenvalue weighted by Gasteiger charge is 2.55. The molecule has 1 nitrogen and oxygen atoms in total. The van der Waals surface area contributed by atoms with Gasteiger partial charge in [0.15, 0.2) is 0 Å². The minimum absolute atomic E-state index is 0.502. The molecule has 1 aliphatic heterocycles. The van der Waals surface area contributed by atoms with Crippen LogP contribution in [0, 0.1) is 5.41 Å². The molecule has 1 saturated carbocycles. The molecule has 1 saturated heterocycles. The van der Waals surface area contributed by atoms with Crippen LogP contribution in [0.2, 0.25) is 0 Å². The van der Waals surface area contributed by atoms with Crippen molar-refractivity contribution in [3.63, 3.8) is 0 Å². The lowest BCUT2D eigenvalue weighted by Gasteiger charge is -2.63. The molecule has 0 N–H and O–H groups in total. The van der Waals surface area contributed by atoms with Gasteiger partial charge < -0.3 is 0 Å². The van der Waals surface area contributed by atoms with Crippen molar-refractivity contribution in [2.75, 3.05) is 6.54 Å². The van der Waals surface area contributed by atoms with Gasteiger partial charge in [-0.2, -0.15) is 0 Å². The number of rotatable bonds is 5. The maximum absolute atomic E-state index is 2.99. The molecule has 0 radical (unpaired) electrons. The minimum atomic E-state index is 0.502. The van der Waals surface area contributed by atoms with E-state index in [4.69, 9.17) is 0 Å². The second-order valence-corrected chi connectivity index (χ2v) is 7.37. The Morgan fingerprint density at radius 3 is 2.05 bits per heavy atom. The van der Waals surface area contributed by atoms with E-state index in [1.165, 1.54) is 77.2 Å². The molecule has 1 heteroatoms. The molecule has 2 aliphatic rings. The Hall–Kier alpha value is -0.0400. The third kappa shape index (κ3) is 2.45. The summed E-state index contributed by atoms with van der Waals surface area (Å²) >= 11 is 0. The van der Waals surface area contributed by atoms with Gasteiger partial charge in [0.05, 0.1) is 0 Å². The van der Waals surface area contributed by atoms with Crippen molar-refractivity contribution in [3.8, 4) is 0 Å². The van der Waals surface area contributed by atoms with Crippen LogP contribution >= 0.6 is 0 Å². The summed E-state index contributed by atoms with van der Waals surface area (Å²) in [5, 5.41) is 0. The average molecular weight is 280 g/mol. The second kappa shape index (κ2) is 6.81. The van der Waals surface area contributed by atoms with Gasteiger partial charge in [0.2, 0.25) is 0 Å². The van der Waals surface area contributed by atoms with Crippen LogP contribution in [0.5, 0.6) is 0 Å². The summed E-state index contributed by atoms with van der Waals surface area (Å²) < 4.78 is 0. The van der Waals surface area contributed by atoms with E-state index < -0.39 is 0 Å². The zero-order valence-electron chi connectivity index (χ0n) is 14.5. The van der Waals surface area contributed by atoms with Gasteiger partial charge in [0, 0.05) is 11.6 Å². The number of piperidine rings is 1. The molecular formula is C19H37N. The SMILES string of the molecule is CCCN1C(CC)CCC2(CCCCC2)C1(CC)CC. The zero-order chi connectivity index (χ0) is 14.6. The molecular weight excluding hydrogens is 242 g/mol. The van der Waals surface area contributed by atoms with E-state index in [1.54, 1.807) is 0 Å². The van der Waals surface area contributed by atoms with Crippen molar-refractivity contribution in [2.45, 2.75) is 110 Å². The van der Waals surface area contributed by atoms with Gasteiger partial charge in [-0.3, -0.25) is 4.90 Å². The van der Waals surface area contributed by atoms with Crippen molar-refractivity contribution in [1.29, 1.82) is 0 Å². The summed E-state index contributed by atoms with van der Waals surface area (Å²) in [6.07, 6.45) is 15.8. The van der Waals surface area contributed by atoms with Crippen LogP contribution in [-0.2, 0) is 0 Å². The van der Waals surface area contributed by atoms with E-state index in [-0.39, 0.29) is 0 Å². The van der Waals surface area contributed by atoms with E-state index >= 15 is 0 Å². The molecule has 118 valence electrons. The Morgan fingerprint density at radius 2 is 1.55 bits per heavy atom. The van der Waals surface area contributed by atoms with Crippen LogP contribution in [0.4, 0.5) is 0 Å². The van der Waals surface area contributed by atoms with Gasteiger partial charge in [-0.05, 0) is 63.3 Å². The number of hydrogen-bond donors (Lipinski definition) is 0. The highest BCUT2D eigenvalue weighted by molar-refractivity contribution is 5.10. The lowest BCUT2D eigenvalue weighted by molar-refractivity contribution is -0.128. The second-order valence-electron chi connectivity index (χ2n) is 7.37. The zero-order valence-corrected chi connectivity index (χ0v) is 14.5. The Bertz CT molecular complexity index is 286. The monoisotopic (exact) mass is 279 g/mol. The molecule has 0 amide bonds. The molecule has 1 spiro atoms. The Labute approximate surface area is 127 Å². The third-order valence-electron chi connectivity index (χ3n) is 6.85. The summed E-state index contributed by atoms with van der Waals surface area (Å²) in [7, 11) is 0. The van der Waals surface area contributed by atoms with E-state index in [1.807, 2.05) is 0 Å². The van der Waals surface area contributed by atoms with Gasteiger partial charge >= 0.3 is 0 Å². The molecule has 0 aromatic carbocycles. The maximum atomic E-state index is 2.99. The fourth-order valence-electron chi connectivity index (χ4n) is 5.90. The van der Waals surface area contributed by atoms with Gasteiger partial charge in [0.25, 0.3) is 0 Å². The first kappa shape index (κ1) is 16.3. The van der Waals surface area contributed by atoms with Gasteiger partial charge in [-0.15, -0.1) is 0 Å². The molecule has 1 heterocycles. The quantitative estimate of drug-likeness (QED) is 0.616. The molecule has 0 aromatic rings. The van der Waals surface area contributed by atoms with Crippen LogP contribution in [-0.4, -0.2) is 23.0 Å². The average Bonchev–Trinajstić information content (AvgIpc) is 2.50. The molecule has 1 unspecified atom stereocenters. The third-order valence-corrected chi connectivity index (χ3v) is 6.85. The van der Waals surface area contributed by atoms with Crippen molar-refractivity contribution >= 4 is 0 Å². The maximum Gasteiger partial charge on any atom is 0.0263 e. The van der Waals surface area contributed by atoms with E-state index in [9.17, 15) is 0 Å². The molecule has 2 fully saturated rings. The lowest BCUT2D eigenvalue weighted by Crippen LogP contribution is -2.66. The lowest BCUT2D eigenvalue weighted by atomic mass is 9.54. The highest BCUT2D eigenvalue weighted by Crippen LogP contribution is 2.57. The van der Waals surface area contributed by atoms with Crippen molar-refractivity contribution in [3.05, 3.63) is 0 Å². The summed E-state index contributed by atoms with van der Waals surface area (Å²) in [4.78, 5) is 2.99. The largest absolute Gasteiger partial charge is 0.294 e. The van der Waals surface area contributed by atoms with Crippen LogP contribution in [0.15, 0.2) is 0 Å². The van der Waals surface area contributed by atoms with Crippen molar-refractivity contribution in [2.24, 2.45) is 5.41 Å². The first-order valence-electron chi connectivity index (χ1n) is 9.46. The van der Waals surface area contributed by atoms with Gasteiger partial charge in [-0.25, -0.2) is 0 Å². The molecule has 20 heavy (non-hydrogen) atoms. The molecule has 0 aromatic heterocycles. The van der Waals surface area contributed by atoms with Crippen LogP contribution in [0.3, 0.4) is 0 Å². The summed E-state index contributed by atoms with van der Waals surface area (Å²) in [5.74, 6) is 0. The highest BCUT2D eigenvalue weighted by atomic mass is 15.2. The van der Waals surface area contributed by atoms with Crippen molar-refractivity contribution < 1.29 is 0 Å². The van der Waals surface area contributed by atoms with E-state index in [2.05, 4.69) is 32.6 Å². The molecule has 1 aliphatic carbocycles. The summed E-state index contributed by atoms with van der Waals surface area (Å²) in [6.45, 7) is 11.0. The molecule has 2 rings (SSSR count). The van der Waals surface area contributed by atoms with E-state index in [0.717, 1.165) is 6.04 Å². The predicted octanol–water partition coefficient (Wildman–Crippen LogP) is 5.78. The fourth-order valence-corrected chi connectivity index (χ4v) is 5.90. The summed E-state index contributed by atoms with van der Waals surface area (Å²) in [5.41, 5.74) is 1.15. The summed E-state index contributed by atoms with van der Waals surface area (Å²) in [6, 6.07) is 0.849. The number of likely N-dealkylation sites (tertiary alicyclic amines) is 1. The first-order valence-corrected chi connectivity index (χ1v) is 9.46. The van der Waals surface area contributed by atoms with E-state index in [0.29, 0.717) is 11.0 Å². The number of hydrogen-bond acceptors (Lipinski definition) is 1. The Kier molecular flexibility index (Phi) is 5.56. The van der Waals surface area contributed by atoms with Crippen LogP contribution in [0.1, 0.15) is 98.3 Å². The Morgan fingerprint density at radius 1 is 0.900 bits per heavy atom. The van der Waals surface area contributed by atoms with Crippen LogP contribution in [0.25, 0.3) is 0 Å². The predicted molar refractivity (Wildman–Crippen MR) is 89.1 cm³/mol. The standard InChI is InChI=1S/C19H37N/c1-5-16-20-17(6-2)12-15-18(13-10-9-11-14-18)19(20,7-3)8-4/h17H,5-16H2,1-4H3. The van der Waals surface area contributed by atoms with Crippen LogP contribution < -0.4 is 0 Å². The normalized spacial score (nSPS) is 29.7. The van der Waals surface area contributed by atoms with Crippen molar-refractivity contribution in [1.82, 2.24) is 4.90 Å². The minimum Gasteiger partial charge on any atom is -0.294 e. The molecule has 0 bridgehead atoms. The fraction of sp³-hybridized carbons (Fsp3) is 1.00. The number of nitrogens with zero attached hydrogens (tertiary/aromatic N) is 1. The smallest absolute Gasteiger partial charge is 0.0263 e. The van der Waals surface area contributed by atoms with Gasteiger partial charge in [0.1, 0.15) is 0 Å². The Balaban J connectivity index is 2.37. The van der Waals surface area contributed by atoms with Gasteiger partial charge in [-0.1, -0.05) is 47.0 Å². The molecule has 1 atom stereocenters. The first-order chi connectivity index (χ1) is 9.69.